The number of alkyl halides is 3. The fourth-order valence-corrected chi connectivity index (χ4v) is 1.88. The molecular weight excluding hydrogens is 359 g/mol. The van der Waals surface area contributed by atoms with Gasteiger partial charge in [0.1, 0.15) is 0 Å². The third kappa shape index (κ3) is 6.98. The standard InChI is InChI=1S/C16H16F3N3O2.ClH/c17-16(18,19)10-24-14-7-6-12(8-21-14)15(23)22-9-13(20)11-4-2-1-3-5-11;/h1-8,13H,9-10,20H2,(H,22,23);1H. The molecule has 0 saturated carbocycles. The van der Waals surface area contributed by atoms with Crippen LogP contribution in [0.5, 0.6) is 5.88 Å². The molecule has 0 aliphatic rings. The predicted octanol–water partition coefficient (Wildman–Crippen LogP) is 2.87. The van der Waals surface area contributed by atoms with Crippen LogP contribution in [0.25, 0.3) is 0 Å². The van der Waals surface area contributed by atoms with Crippen molar-refractivity contribution in [3.63, 3.8) is 0 Å². The van der Waals surface area contributed by atoms with Crippen molar-refractivity contribution in [1.29, 1.82) is 0 Å². The Morgan fingerprint density at radius 2 is 1.88 bits per heavy atom. The van der Waals surface area contributed by atoms with Crippen LogP contribution in [0.1, 0.15) is 22.0 Å². The van der Waals surface area contributed by atoms with Gasteiger partial charge in [-0.2, -0.15) is 13.2 Å². The average molecular weight is 376 g/mol. The minimum atomic E-state index is -4.44. The van der Waals surface area contributed by atoms with Crippen LogP contribution in [-0.4, -0.2) is 30.2 Å². The number of benzene rings is 1. The summed E-state index contributed by atoms with van der Waals surface area (Å²) in [6, 6.07) is 11.4. The summed E-state index contributed by atoms with van der Waals surface area (Å²) in [4.78, 5) is 15.7. The SMILES string of the molecule is Cl.NC(CNC(=O)c1ccc(OCC(F)(F)F)nc1)c1ccccc1. The Bertz CT molecular complexity index is 667. The number of rotatable bonds is 6. The summed E-state index contributed by atoms with van der Waals surface area (Å²) < 4.78 is 40.6. The first-order chi connectivity index (χ1) is 11.3. The number of carbonyl (C=O) groups is 1. The lowest BCUT2D eigenvalue weighted by Crippen LogP contribution is -2.31. The van der Waals surface area contributed by atoms with Gasteiger partial charge in [0.15, 0.2) is 6.61 Å². The van der Waals surface area contributed by atoms with Crippen molar-refractivity contribution in [3.05, 3.63) is 59.8 Å². The number of carbonyl (C=O) groups excluding carboxylic acids is 1. The summed E-state index contributed by atoms with van der Waals surface area (Å²) in [6.45, 7) is -1.22. The zero-order valence-electron chi connectivity index (χ0n) is 13.0. The first kappa shape index (κ1) is 20.7. The molecule has 0 radical (unpaired) electrons. The number of aromatic nitrogens is 1. The quantitative estimate of drug-likeness (QED) is 0.814. The molecule has 0 saturated heterocycles. The molecule has 0 bridgehead atoms. The normalized spacial score (nSPS) is 12.0. The summed E-state index contributed by atoms with van der Waals surface area (Å²) in [5.41, 5.74) is 7.05. The first-order valence-corrected chi connectivity index (χ1v) is 7.09. The van der Waals surface area contributed by atoms with Crippen LogP contribution in [0.2, 0.25) is 0 Å². The minimum absolute atomic E-state index is 0. The monoisotopic (exact) mass is 375 g/mol. The fourth-order valence-electron chi connectivity index (χ4n) is 1.88. The number of nitrogens with one attached hydrogen (secondary N) is 1. The van der Waals surface area contributed by atoms with E-state index in [-0.39, 0.29) is 36.4 Å². The van der Waals surface area contributed by atoms with Gasteiger partial charge in [0.25, 0.3) is 5.91 Å². The molecule has 2 rings (SSSR count). The van der Waals surface area contributed by atoms with Crippen LogP contribution >= 0.6 is 12.4 Å². The molecule has 0 aliphatic carbocycles. The number of hydrogen-bond acceptors (Lipinski definition) is 4. The van der Waals surface area contributed by atoms with Crippen LogP contribution in [-0.2, 0) is 0 Å². The molecule has 1 atom stereocenters. The van der Waals surface area contributed by atoms with E-state index in [4.69, 9.17) is 5.73 Å². The number of amides is 1. The van der Waals surface area contributed by atoms with Gasteiger partial charge in [0.2, 0.25) is 5.88 Å². The Kier molecular flexibility index (Phi) is 7.66. The number of hydrogen-bond donors (Lipinski definition) is 2. The molecule has 2 aromatic rings. The summed E-state index contributed by atoms with van der Waals surface area (Å²) in [5, 5.41) is 2.65. The molecule has 0 spiro atoms. The average Bonchev–Trinajstić information content (AvgIpc) is 2.58. The Labute approximate surface area is 148 Å². The first-order valence-electron chi connectivity index (χ1n) is 7.09. The van der Waals surface area contributed by atoms with E-state index in [0.717, 1.165) is 11.8 Å². The Hall–Kier alpha value is -2.32. The third-order valence-corrected chi connectivity index (χ3v) is 3.09. The Morgan fingerprint density at radius 3 is 2.44 bits per heavy atom. The van der Waals surface area contributed by atoms with Gasteiger partial charge in [-0.15, -0.1) is 12.4 Å². The molecule has 1 aromatic heterocycles. The lowest BCUT2D eigenvalue weighted by Gasteiger charge is -2.13. The largest absolute Gasteiger partial charge is 0.468 e. The van der Waals surface area contributed by atoms with Gasteiger partial charge in [-0.25, -0.2) is 4.98 Å². The van der Waals surface area contributed by atoms with Crippen molar-refractivity contribution in [2.24, 2.45) is 5.73 Å². The Morgan fingerprint density at radius 1 is 1.20 bits per heavy atom. The van der Waals surface area contributed by atoms with Crippen molar-refractivity contribution in [3.8, 4) is 5.88 Å². The number of nitrogens with zero attached hydrogens (tertiary/aromatic N) is 1. The second-order valence-electron chi connectivity index (χ2n) is 5.02. The molecule has 1 aromatic carbocycles. The maximum Gasteiger partial charge on any atom is 0.422 e. The van der Waals surface area contributed by atoms with Crippen molar-refractivity contribution in [2.75, 3.05) is 13.2 Å². The highest BCUT2D eigenvalue weighted by atomic mass is 35.5. The third-order valence-electron chi connectivity index (χ3n) is 3.09. The molecule has 0 aliphatic heterocycles. The van der Waals surface area contributed by atoms with Gasteiger partial charge in [-0.05, 0) is 11.6 Å². The van der Waals surface area contributed by atoms with Gasteiger partial charge < -0.3 is 15.8 Å². The molecule has 1 heterocycles. The molecule has 9 heteroatoms. The number of ether oxygens (including phenoxy) is 1. The molecule has 136 valence electrons. The van der Waals surface area contributed by atoms with Crippen molar-refractivity contribution in [2.45, 2.75) is 12.2 Å². The van der Waals surface area contributed by atoms with E-state index in [0.29, 0.717) is 0 Å². The second-order valence-corrected chi connectivity index (χ2v) is 5.02. The van der Waals surface area contributed by atoms with E-state index in [2.05, 4.69) is 15.0 Å². The van der Waals surface area contributed by atoms with Crippen LogP contribution in [0.3, 0.4) is 0 Å². The summed E-state index contributed by atoms with van der Waals surface area (Å²) in [7, 11) is 0. The van der Waals surface area contributed by atoms with Gasteiger partial charge in [-0.1, -0.05) is 30.3 Å². The zero-order chi connectivity index (χ0) is 17.6. The highest BCUT2D eigenvalue weighted by Crippen LogP contribution is 2.17. The number of nitrogens with two attached hydrogens (primary N) is 1. The summed E-state index contributed by atoms with van der Waals surface area (Å²) >= 11 is 0. The van der Waals surface area contributed by atoms with Crippen LogP contribution in [0, 0.1) is 0 Å². The molecule has 25 heavy (non-hydrogen) atoms. The maximum absolute atomic E-state index is 12.0. The smallest absolute Gasteiger partial charge is 0.422 e. The summed E-state index contributed by atoms with van der Waals surface area (Å²) in [5.74, 6) is -0.624. The van der Waals surface area contributed by atoms with Crippen molar-refractivity contribution in [1.82, 2.24) is 10.3 Å². The molecule has 1 amide bonds. The summed E-state index contributed by atoms with van der Waals surface area (Å²) in [6.07, 6.45) is -3.29. The van der Waals surface area contributed by atoms with E-state index in [1.807, 2.05) is 30.3 Å². The molecule has 3 N–H and O–H groups in total. The van der Waals surface area contributed by atoms with Gasteiger partial charge in [0.05, 0.1) is 5.56 Å². The number of halogens is 4. The topological polar surface area (TPSA) is 77.2 Å². The lowest BCUT2D eigenvalue weighted by atomic mass is 10.1. The molecule has 5 nitrogen and oxygen atoms in total. The van der Waals surface area contributed by atoms with Crippen LogP contribution in [0.15, 0.2) is 48.7 Å². The molecular formula is C16H17ClF3N3O2. The van der Waals surface area contributed by atoms with Crippen LogP contribution in [0.4, 0.5) is 13.2 Å². The minimum Gasteiger partial charge on any atom is -0.468 e. The highest BCUT2D eigenvalue weighted by Gasteiger charge is 2.28. The molecule has 0 fully saturated rings. The lowest BCUT2D eigenvalue weighted by molar-refractivity contribution is -0.154. The van der Waals surface area contributed by atoms with Crippen molar-refractivity contribution < 1.29 is 22.7 Å². The highest BCUT2D eigenvalue weighted by molar-refractivity contribution is 5.93. The molecule has 1 unspecified atom stereocenters. The van der Waals surface area contributed by atoms with E-state index >= 15 is 0 Å². The predicted molar refractivity (Wildman–Crippen MR) is 88.7 cm³/mol. The van der Waals surface area contributed by atoms with Gasteiger partial charge in [-0.3, -0.25) is 4.79 Å². The zero-order valence-corrected chi connectivity index (χ0v) is 13.8. The van der Waals surface area contributed by atoms with E-state index in [1.54, 1.807) is 0 Å². The van der Waals surface area contributed by atoms with Crippen LogP contribution < -0.4 is 15.8 Å². The van der Waals surface area contributed by atoms with Gasteiger partial charge in [0, 0.05) is 24.8 Å². The van der Waals surface area contributed by atoms with E-state index in [9.17, 15) is 18.0 Å². The van der Waals surface area contributed by atoms with Gasteiger partial charge >= 0.3 is 6.18 Å². The van der Waals surface area contributed by atoms with Crippen molar-refractivity contribution >= 4 is 18.3 Å². The second kappa shape index (κ2) is 9.24. The fraction of sp³-hybridized carbons (Fsp3) is 0.250. The Balaban J connectivity index is 0.00000312. The van der Waals surface area contributed by atoms with E-state index < -0.39 is 18.7 Å². The maximum atomic E-state index is 12.0. The van der Waals surface area contributed by atoms with E-state index in [1.165, 1.54) is 12.1 Å². The number of pyridine rings is 1.